The summed E-state index contributed by atoms with van der Waals surface area (Å²) in [5, 5.41) is 6.19. The summed E-state index contributed by atoms with van der Waals surface area (Å²) in [6.07, 6.45) is 0. The van der Waals surface area contributed by atoms with Gasteiger partial charge in [-0.05, 0) is 35.4 Å². The number of rotatable bonds is 4. The normalized spacial score (nSPS) is 9.91. The highest BCUT2D eigenvalue weighted by Crippen LogP contribution is 2.24. The van der Waals surface area contributed by atoms with Gasteiger partial charge < -0.3 is 5.32 Å². The van der Waals surface area contributed by atoms with E-state index >= 15 is 0 Å². The molecular formula is C16H15N3O3. The van der Waals surface area contributed by atoms with Gasteiger partial charge in [-0.2, -0.15) is 5.01 Å². The second-order valence-corrected chi connectivity index (χ2v) is 4.72. The third kappa shape index (κ3) is 3.54. The summed E-state index contributed by atoms with van der Waals surface area (Å²) < 4.78 is 0. The molecule has 112 valence electrons. The van der Waals surface area contributed by atoms with Crippen molar-refractivity contribution >= 4 is 23.2 Å². The maximum atomic E-state index is 11.3. The van der Waals surface area contributed by atoms with Gasteiger partial charge in [0.05, 0.1) is 11.0 Å². The molecular weight excluding hydrogens is 282 g/mol. The molecule has 0 saturated heterocycles. The molecule has 22 heavy (non-hydrogen) atoms. The van der Waals surface area contributed by atoms with Gasteiger partial charge in [-0.1, -0.05) is 24.3 Å². The number of carbonyl (C=O) groups is 2. The minimum atomic E-state index is -0.442. The van der Waals surface area contributed by atoms with E-state index in [2.05, 4.69) is 10.6 Å². The number of hydrogen-bond donors (Lipinski definition) is 1. The molecule has 2 rings (SSSR count). The minimum absolute atomic E-state index is 0.122. The Morgan fingerprint density at radius 1 is 0.909 bits per heavy atom. The predicted octanol–water partition coefficient (Wildman–Crippen LogP) is 3.35. The maximum Gasteiger partial charge on any atom is 0.246 e. The Bertz CT molecular complexity index is 694. The minimum Gasteiger partial charge on any atom is -0.326 e. The Hall–Kier alpha value is -3.02. The van der Waals surface area contributed by atoms with Gasteiger partial charge in [0.25, 0.3) is 0 Å². The summed E-state index contributed by atoms with van der Waals surface area (Å²) in [5.74, 6) is -0.565. The van der Waals surface area contributed by atoms with E-state index in [1.807, 2.05) is 12.1 Å². The van der Waals surface area contributed by atoms with Crippen LogP contribution in [0, 0.1) is 4.91 Å². The second kappa shape index (κ2) is 6.62. The van der Waals surface area contributed by atoms with Crippen molar-refractivity contribution in [1.29, 1.82) is 0 Å². The topological polar surface area (TPSA) is 78.8 Å². The Morgan fingerprint density at radius 3 is 1.82 bits per heavy atom. The van der Waals surface area contributed by atoms with Crippen LogP contribution in [-0.4, -0.2) is 11.8 Å². The van der Waals surface area contributed by atoms with Crippen molar-refractivity contribution in [2.75, 3.05) is 10.3 Å². The fourth-order valence-corrected chi connectivity index (χ4v) is 2.03. The first-order valence-corrected chi connectivity index (χ1v) is 6.63. The Morgan fingerprint density at radius 2 is 1.41 bits per heavy atom. The van der Waals surface area contributed by atoms with Crippen LogP contribution >= 0.6 is 0 Å². The first-order valence-electron chi connectivity index (χ1n) is 6.63. The summed E-state index contributed by atoms with van der Waals surface area (Å²) in [6.45, 7) is 2.73. The molecule has 0 radical (unpaired) electrons. The van der Waals surface area contributed by atoms with E-state index in [1.54, 1.807) is 36.4 Å². The van der Waals surface area contributed by atoms with Gasteiger partial charge in [0, 0.05) is 19.5 Å². The number of amides is 2. The largest absolute Gasteiger partial charge is 0.326 e. The molecule has 0 atom stereocenters. The Balaban J connectivity index is 2.21. The van der Waals surface area contributed by atoms with Gasteiger partial charge in [0.1, 0.15) is 0 Å². The third-order valence-electron chi connectivity index (χ3n) is 3.03. The van der Waals surface area contributed by atoms with E-state index in [0.29, 0.717) is 5.69 Å². The van der Waals surface area contributed by atoms with Crippen LogP contribution in [0.2, 0.25) is 0 Å². The van der Waals surface area contributed by atoms with Gasteiger partial charge in [-0.25, -0.2) is 0 Å². The van der Waals surface area contributed by atoms with Crippen molar-refractivity contribution in [1.82, 2.24) is 0 Å². The molecule has 0 spiro atoms. The molecule has 2 amide bonds. The average Bonchev–Trinajstić information content (AvgIpc) is 2.48. The Kier molecular flexibility index (Phi) is 4.63. The van der Waals surface area contributed by atoms with Crippen LogP contribution in [0.25, 0.3) is 11.1 Å². The number of anilines is 2. The van der Waals surface area contributed by atoms with E-state index in [1.165, 1.54) is 13.8 Å². The lowest BCUT2D eigenvalue weighted by Gasteiger charge is -2.11. The van der Waals surface area contributed by atoms with Crippen molar-refractivity contribution in [2.24, 2.45) is 5.29 Å². The molecule has 0 aliphatic rings. The van der Waals surface area contributed by atoms with Crippen molar-refractivity contribution in [3.8, 4) is 11.1 Å². The lowest BCUT2D eigenvalue weighted by Crippen LogP contribution is -2.20. The van der Waals surface area contributed by atoms with Gasteiger partial charge in [0.2, 0.25) is 11.8 Å². The third-order valence-corrected chi connectivity index (χ3v) is 3.03. The molecule has 1 N–H and O–H groups in total. The second-order valence-electron chi connectivity index (χ2n) is 4.72. The summed E-state index contributed by atoms with van der Waals surface area (Å²) in [7, 11) is 0. The van der Waals surface area contributed by atoms with Crippen LogP contribution in [0.1, 0.15) is 13.8 Å². The molecule has 0 aliphatic carbocycles. The van der Waals surface area contributed by atoms with Crippen LogP contribution in [0.15, 0.2) is 53.8 Å². The number of nitroso groups, excluding NO2 is 1. The zero-order valence-electron chi connectivity index (χ0n) is 12.2. The van der Waals surface area contributed by atoms with Crippen LogP contribution in [0.4, 0.5) is 11.4 Å². The smallest absolute Gasteiger partial charge is 0.246 e. The SMILES string of the molecule is CC(=O)Nc1ccc(-c2ccc(N(N=O)C(C)=O)cc2)cc1. The van der Waals surface area contributed by atoms with Gasteiger partial charge in [0.15, 0.2) is 0 Å². The van der Waals surface area contributed by atoms with E-state index in [9.17, 15) is 14.5 Å². The van der Waals surface area contributed by atoms with E-state index < -0.39 is 5.91 Å². The van der Waals surface area contributed by atoms with Crippen LogP contribution < -0.4 is 10.3 Å². The number of nitrogens with zero attached hydrogens (tertiary/aromatic N) is 2. The van der Waals surface area contributed by atoms with Gasteiger partial charge in [-0.15, -0.1) is 4.91 Å². The maximum absolute atomic E-state index is 11.3. The van der Waals surface area contributed by atoms with Crippen molar-refractivity contribution in [3.05, 3.63) is 53.4 Å². The molecule has 0 unspecified atom stereocenters. The molecule has 6 nitrogen and oxygen atoms in total. The lowest BCUT2D eigenvalue weighted by molar-refractivity contribution is -0.116. The standard InChI is InChI=1S/C16H15N3O3/c1-11(20)17-15-7-3-13(4-8-15)14-5-9-16(10-6-14)19(18-22)12(2)21/h3-10H,1-2H3,(H,17,20). The van der Waals surface area contributed by atoms with Gasteiger partial charge in [-0.3, -0.25) is 9.59 Å². The number of nitrogens with one attached hydrogen (secondary N) is 1. The predicted molar refractivity (Wildman–Crippen MR) is 85.1 cm³/mol. The number of benzene rings is 2. The fourth-order valence-electron chi connectivity index (χ4n) is 2.03. The molecule has 2 aromatic carbocycles. The van der Waals surface area contributed by atoms with Crippen molar-refractivity contribution < 1.29 is 9.59 Å². The van der Waals surface area contributed by atoms with E-state index in [-0.39, 0.29) is 5.91 Å². The fraction of sp³-hybridized carbons (Fsp3) is 0.125. The highest BCUT2D eigenvalue weighted by Gasteiger charge is 2.11. The molecule has 0 aliphatic heterocycles. The summed E-state index contributed by atoms with van der Waals surface area (Å²) in [6, 6.07) is 14.3. The van der Waals surface area contributed by atoms with Gasteiger partial charge >= 0.3 is 0 Å². The lowest BCUT2D eigenvalue weighted by atomic mass is 10.0. The average molecular weight is 297 g/mol. The van der Waals surface area contributed by atoms with Crippen LogP contribution in [0.3, 0.4) is 0 Å². The number of carbonyl (C=O) groups excluding carboxylic acids is 2. The molecule has 0 fully saturated rings. The summed E-state index contributed by atoms with van der Waals surface area (Å²) >= 11 is 0. The molecule has 0 heterocycles. The molecule has 6 heteroatoms. The molecule has 0 saturated carbocycles. The summed E-state index contributed by atoms with van der Waals surface area (Å²) in [5.41, 5.74) is 3.02. The highest BCUT2D eigenvalue weighted by molar-refractivity contribution is 5.91. The van der Waals surface area contributed by atoms with E-state index in [4.69, 9.17) is 0 Å². The quantitative estimate of drug-likeness (QED) is 0.694. The summed E-state index contributed by atoms with van der Waals surface area (Å²) in [4.78, 5) is 32.9. The zero-order chi connectivity index (χ0) is 16.1. The monoisotopic (exact) mass is 297 g/mol. The number of hydrogen-bond acceptors (Lipinski definition) is 4. The van der Waals surface area contributed by atoms with Crippen molar-refractivity contribution in [3.63, 3.8) is 0 Å². The van der Waals surface area contributed by atoms with Crippen LogP contribution in [-0.2, 0) is 9.59 Å². The van der Waals surface area contributed by atoms with Crippen molar-refractivity contribution in [2.45, 2.75) is 13.8 Å². The first kappa shape index (κ1) is 15.4. The zero-order valence-corrected chi connectivity index (χ0v) is 12.2. The Labute approximate surface area is 127 Å². The molecule has 0 bridgehead atoms. The molecule has 0 aromatic heterocycles. The van der Waals surface area contributed by atoms with E-state index in [0.717, 1.165) is 21.8 Å². The first-order chi connectivity index (χ1) is 10.5. The van der Waals surface area contributed by atoms with Crippen LogP contribution in [0.5, 0.6) is 0 Å². The highest BCUT2D eigenvalue weighted by atomic mass is 16.3. The molecule has 2 aromatic rings.